The van der Waals surface area contributed by atoms with E-state index < -0.39 is 0 Å². The smallest absolute Gasteiger partial charge is 0.224 e. The quantitative estimate of drug-likeness (QED) is 0.665. The van der Waals surface area contributed by atoms with Crippen LogP contribution in [-0.4, -0.2) is 72.2 Å². The first-order valence-corrected chi connectivity index (χ1v) is 9.38. The summed E-state index contributed by atoms with van der Waals surface area (Å²) in [5.41, 5.74) is 3.22. The van der Waals surface area contributed by atoms with Crippen molar-refractivity contribution < 1.29 is 4.74 Å². The topological polar surface area (TPSA) is 70.5 Å². The van der Waals surface area contributed by atoms with Crippen LogP contribution in [0, 0.1) is 0 Å². The van der Waals surface area contributed by atoms with E-state index in [1.54, 1.807) is 7.11 Å². The summed E-state index contributed by atoms with van der Waals surface area (Å²) in [6.45, 7) is 4.81. The second-order valence-corrected chi connectivity index (χ2v) is 7.13. The first-order valence-electron chi connectivity index (χ1n) is 9.38. The first-order chi connectivity index (χ1) is 13.6. The summed E-state index contributed by atoms with van der Waals surface area (Å²) < 4.78 is 5.38. The van der Waals surface area contributed by atoms with Gasteiger partial charge in [0.25, 0.3) is 0 Å². The average Bonchev–Trinajstić information content (AvgIpc) is 2.74. The van der Waals surface area contributed by atoms with Gasteiger partial charge in [0.1, 0.15) is 6.33 Å². The van der Waals surface area contributed by atoms with E-state index in [2.05, 4.69) is 41.9 Å². The summed E-state index contributed by atoms with van der Waals surface area (Å²) in [5, 5.41) is 0.947. The third kappa shape index (κ3) is 3.82. The van der Waals surface area contributed by atoms with Crippen LogP contribution in [0.2, 0.25) is 0 Å². The Bertz CT molecular complexity index is 937. The van der Waals surface area contributed by atoms with Crippen molar-refractivity contribution in [1.29, 1.82) is 0 Å². The number of benzene rings is 1. The van der Waals surface area contributed by atoms with E-state index in [0.717, 1.165) is 55.1 Å². The summed E-state index contributed by atoms with van der Waals surface area (Å²) in [5.74, 6) is 1.36. The van der Waals surface area contributed by atoms with Gasteiger partial charge in [-0.05, 0) is 18.2 Å². The molecule has 28 heavy (non-hydrogen) atoms. The molecule has 4 rings (SSSR count). The summed E-state index contributed by atoms with van der Waals surface area (Å²) in [4.78, 5) is 24.1. The molecule has 3 aromatic rings. The number of nitrogens with zero attached hydrogens (tertiary/aromatic N) is 7. The van der Waals surface area contributed by atoms with Crippen LogP contribution in [0.25, 0.3) is 10.9 Å². The summed E-state index contributed by atoms with van der Waals surface area (Å²) >= 11 is 0. The molecule has 0 atom stereocenters. The lowest BCUT2D eigenvalue weighted by molar-refractivity contribution is 0.249. The van der Waals surface area contributed by atoms with Crippen LogP contribution in [0.15, 0.2) is 36.9 Å². The first kappa shape index (κ1) is 18.4. The van der Waals surface area contributed by atoms with Gasteiger partial charge in [0.2, 0.25) is 11.8 Å². The number of piperazine rings is 1. The van der Waals surface area contributed by atoms with E-state index in [4.69, 9.17) is 4.74 Å². The molecule has 1 fully saturated rings. The fourth-order valence-corrected chi connectivity index (χ4v) is 3.46. The summed E-state index contributed by atoms with van der Waals surface area (Å²) in [6, 6.07) is 6.28. The number of methoxy groups -OCH3 is 1. The number of hydrogen-bond acceptors (Lipinski definition) is 8. The Labute approximate surface area is 164 Å². The zero-order valence-corrected chi connectivity index (χ0v) is 16.5. The molecule has 1 aliphatic rings. The fraction of sp³-hybridized carbons (Fsp3) is 0.400. The van der Waals surface area contributed by atoms with Gasteiger partial charge < -0.3 is 14.5 Å². The highest BCUT2D eigenvalue weighted by atomic mass is 16.5. The molecule has 0 aliphatic carbocycles. The second kappa shape index (κ2) is 7.93. The maximum Gasteiger partial charge on any atom is 0.224 e. The molecule has 0 saturated carbocycles. The van der Waals surface area contributed by atoms with Gasteiger partial charge in [-0.15, -0.1) is 0 Å². The van der Waals surface area contributed by atoms with Crippen molar-refractivity contribution in [3.05, 3.63) is 42.5 Å². The van der Waals surface area contributed by atoms with Crippen molar-refractivity contribution in [2.45, 2.75) is 6.54 Å². The third-order valence-electron chi connectivity index (χ3n) is 5.01. The average molecular weight is 379 g/mol. The highest BCUT2D eigenvalue weighted by molar-refractivity contribution is 5.86. The minimum Gasteiger partial charge on any atom is -0.480 e. The van der Waals surface area contributed by atoms with Crippen LogP contribution in [0.3, 0.4) is 0 Å². The molecular weight excluding hydrogens is 354 g/mol. The van der Waals surface area contributed by atoms with Gasteiger partial charge in [0.05, 0.1) is 18.0 Å². The van der Waals surface area contributed by atoms with Crippen molar-refractivity contribution in [3.63, 3.8) is 0 Å². The van der Waals surface area contributed by atoms with Gasteiger partial charge in [-0.2, -0.15) is 0 Å². The van der Waals surface area contributed by atoms with E-state index in [-0.39, 0.29) is 0 Å². The number of ether oxygens (including phenoxy) is 1. The molecule has 1 aliphatic heterocycles. The standard InChI is InChI=1S/C20H25N7O/c1-25(2)20-21-11-15(12-22-20)13-26-6-8-27(9-7-26)16-4-5-18-17(10-16)19(28-3)24-14-23-18/h4-5,10-12,14H,6-9,13H2,1-3H3. The Hall–Kier alpha value is -3.00. The number of rotatable bonds is 5. The largest absolute Gasteiger partial charge is 0.480 e. The molecule has 8 heteroatoms. The monoisotopic (exact) mass is 379 g/mol. The second-order valence-electron chi connectivity index (χ2n) is 7.13. The minimum absolute atomic E-state index is 0.617. The predicted molar refractivity (Wildman–Crippen MR) is 110 cm³/mol. The number of fused-ring (bicyclic) bond motifs is 1. The van der Waals surface area contributed by atoms with Crippen LogP contribution >= 0.6 is 0 Å². The zero-order valence-electron chi connectivity index (χ0n) is 16.5. The molecule has 1 aromatic carbocycles. The minimum atomic E-state index is 0.617. The van der Waals surface area contributed by atoms with E-state index in [1.165, 1.54) is 12.0 Å². The van der Waals surface area contributed by atoms with E-state index >= 15 is 0 Å². The highest BCUT2D eigenvalue weighted by Gasteiger charge is 2.18. The Kier molecular flexibility index (Phi) is 5.21. The Morgan fingerprint density at radius 1 is 1.00 bits per heavy atom. The van der Waals surface area contributed by atoms with Crippen LogP contribution < -0.4 is 14.5 Å². The van der Waals surface area contributed by atoms with Crippen LogP contribution in [0.5, 0.6) is 5.88 Å². The van der Waals surface area contributed by atoms with Crippen LogP contribution in [0.1, 0.15) is 5.56 Å². The van der Waals surface area contributed by atoms with Crippen molar-refractivity contribution >= 4 is 22.5 Å². The number of anilines is 2. The number of aromatic nitrogens is 4. The lowest BCUT2D eigenvalue weighted by Crippen LogP contribution is -2.46. The Morgan fingerprint density at radius 2 is 1.75 bits per heavy atom. The molecule has 3 heterocycles. The van der Waals surface area contributed by atoms with E-state index in [9.17, 15) is 0 Å². The molecule has 2 aromatic heterocycles. The van der Waals surface area contributed by atoms with Crippen LogP contribution in [-0.2, 0) is 6.54 Å². The lowest BCUT2D eigenvalue weighted by atomic mass is 10.2. The normalized spacial score (nSPS) is 15.0. The van der Waals surface area contributed by atoms with Crippen LogP contribution in [0.4, 0.5) is 11.6 Å². The fourth-order valence-electron chi connectivity index (χ4n) is 3.46. The highest BCUT2D eigenvalue weighted by Crippen LogP contribution is 2.27. The molecule has 0 radical (unpaired) electrons. The third-order valence-corrected chi connectivity index (χ3v) is 5.01. The molecule has 0 N–H and O–H groups in total. The van der Waals surface area contributed by atoms with Crippen molar-refractivity contribution in [2.75, 3.05) is 57.2 Å². The molecule has 146 valence electrons. The van der Waals surface area contributed by atoms with E-state index in [1.807, 2.05) is 37.5 Å². The summed E-state index contributed by atoms with van der Waals surface area (Å²) in [6.07, 6.45) is 5.38. The molecule has 0 spiro atoms. The maximum absolute atomic E-state index is 5.38. The molecule has 8 nitrogen and oxygen atoms in total. The van der Waals surface area contributed by atoms with Gasteiger partial charge in [0, 0.05) is 70.5 Å². The van der Waals surface area contributed by atoms with Gasteiger partial charge in [0.15, 0.2) is 0 Å². The van der Waals surface area contributed by atoms with Crippen molar-refractivity contribution in [3.8, 4) is 5.88 Å². The van der Waals surface area contributed by atoms with Crippen molar-refractivity contribution in [1.82, 2.24) is 24.8 Å². The molecule has 0 unspecified atom stereocenters. The maximum atomic E-state index is 5.38. The molecule has 0 bridgehead atoms. The van der Waals surface area contributed by atoms with Gasteiger partial charge in [-0.25, -0.2) is 19.9 Å². The van der Waals surface area contributed by atoms with Crippen molar-refractivity contribution in [2.24, 2.45) is 0 Å². The van der Waals surface area contributed by atoms with Gasteiger partial charge >= 0.3 is 0 Å². The van der Waals surface area contributed by atoms with Gasteiger partial charge in [-0.3, -0.25) is 4.90 Å². The van der Waals surface area contributed by atoms with E-state index in [0.29, 0.717) is 5.88 Å². The number of hydrogen-bond donors (Lipinski definition) is 0. The zero-order chi connectivity index (χ0) is 19.5. The SMILES string of the molecule is COc1ncnc2ccc(N3CCN(Cc4cnc(N(C)C)nc4)CC3)cc12. The Balaban J connectivity index is 1.40. The molecular formula is C20H25N7O. The summed E-state index contributed by atoms with van der Waals surface area (Å²) in [7, 11) is 5.54. The predicted octanol–water partition coefficient (Wildman–Crippen LogP) is 1.82. The molecule has 1 saturated heterocycles. The molecule has 0 amide bonds. The Morgan fingerprint density at radius 3 is 2.43 bits per heavy atom. The lowest BCUT2D eigenvalue weighted by Gasteiger charge is -2.36. The van der Waals surface area contributed by atoms with Gasteiger partial charge in [-0.1, -0.05) is 0 Å².